The number of rotatable bonds is 4. The molecule has 0 saturated carbocycles. The highest BCUT2D eigenvalue weighted by Crippen LogP contribution is 2.30. The molecule has 128 valence electrons. The predicted molar refractivity (Wildman–Crippen MR) is 94.7 cm³/mol. The SMILES string of the molecule is O=C(Nc1ccc(OC(F)F)cc1)Nc1cccc2cccc(Cl)c12. The Morgan fingerprint density at radius 2 is 1.64 bits per heavy atom. The molecule has 0 radical (unpaired) electrons. The number of carbonyl (C=O) groups excluding carboxylic acids is 1. The van der Waals surface area contributed by atoms with Gasteiger partial charge in [-0.25, -0.2) is 4.79 Å². The molecule has 2 amide bonds. The zero-order valence-electron chi connectivity index (χ0n) is 12.8. The normalized spacial score (nSPS) is 10.7. The number of hydrogen-bond acceptors (Lipinski definition) is 2. The summed E-state index contributed by atoms with van der Waals surface area (Å²) < 4.78 is 28.5. The van der Waals surface area contributed by atoms with E-state index in [1.165, 1.54) is 24.3 Å². The Hall–Kier alpha value is -2.86. The van der Waals surface area contributed by atoms with E-state index in [-0.39, 0.29) is 5.75 Å². The summed E-state index contributed by atoms with van der Waals surface area (Å²) in [5.74, 6) is 0.0155. The van der Waals surface area contributed by atoms with Crippen molar-refractivity contribution in [1.29, 1.82) is 0 Å². The van der Waals surface area contributed by atoms with Crippen molar-refractivity contribution < 1.29 is 18.3 Å². The molecule has 0 aromatic heterocycles. The molecule has 25 heavy (non-hydrogen) atoms. The van der Waals surface area contributed by atoms with E-state index in [4.69, 9.17) is 11.6 Å². The van der Waals surface area contributed by atoms with Crippen molar-refractivity contribution in [3.05, 3.63) is 65.7 Å². The zero-order valence-corrected chi connectivity index (χ0v) is 13.6. The van der Waals surface area contributed by atoms with Crippen molar-refractivity contribution in [1.82, 2.24) is 0 Å². The number of urea groups is 1. The van der Waals surface area contributed by atoms with Gasteiger partial charge in [0.15, 0.2) is 0 Å². The van der Waals surface area contributed by atoms with Gasteiger partial charge in [-0.1, -0.05) is 35.9 Å². The van der Waals surface area contributed by atoms with Gasteiger partial charge in [0.1, 0.15) is 5.75 Å². The second kappa shape index (κ2) is 7.36. The minimum Gasteiger partial charge on any atom is -0.435 e. The van der Waals surface area contributed by atoms with E-state index in [0.717, 1.165) is 10.8 Å². The number of anilines is 2. The van der Waals surface area contributed by atoms with Gasteiger partial charge in [0.2, 0.25) is 0 Å². The molecule has 0 aliphatic rings. The lowest BCUT2D eigenvalue weighted by Gasteiger charge is -2.11. The van der Waals surface area contributed by atoms with Crippen LogP contribution in [0.25, 0.3) is 10.8 Å². The molecule has 0 fully saturated rings. The Balaban J connectivity index is 1.73. The molecule has 3 rings (SSSR count). The molecule has 7 heteroatoms. The molecule has 0 aliphatic carbocycles. The van der Waals surface area contributed by atoms with Gasteiger partial charge in [-0.2, -0.15) is 8.78 Å². The van der Waals surface area contributed by atoms with Gasteiger partial charge >= 0.3 is 12.6 Å². The molecule has 3 aromatic rings. The Labute approximate surface area is 147 Å². The lowest BCUT2D eigenvalue weighted by molar-refractivity contribution is -0.0498. The van der Waals surface area contributed by atoms with Crippen LogP contribution in [0.15, 0.2) is 60.7 Å². The molecular formula is C18H13ClF2N2O2. The van der Waals surface area contributed by atoms with E-state index in [0.29, 0.717) is 16.4 Å². The molecule has 0 aliphatic heterocycles. The first-order valence-corrected chi connectivity index (χ1v) is 7.71. The Morgan fingerprint density at radius 1 is 0.960 bits per heavy atom. The summed E-state index contributed by atoms with van der Waals surface area (Å²) in [6.45, 7) is -2.89. The standard InChI is InChI=1S/C18H13ClF2N2O2/c19-14-5-1-3-11-4-2-6-15(16(11)14)23-18(24)22-12-7-9-13(10-8-12)25-17(20)21/h1-10,17H,(H2,22,23,24). The van der Waals surface area contributed by atoms with E-state index < -0.39 is 12.6 Å². The minimum atomic E-state index is -2.89. The van der Waals surface area contributed by atoms with Gasteiger partial charge in [0.25, 0.3) is 0 Å². The summed E-state index contributed by atoms with van der Waals surface area (Å²) in [5.41, 5.74) is 1.00. The summed E-state index contributed by atoms with van der Waals surface area (Å²) in [4.78, 5) is 12.2. The Morgan fingerprint density at radius 3 is 2.32 bits per heavy atom. The van der Waals surface area contributed by atoms with Crippen LogP contribution >= 0.6 is 11.6 Å². The highest BCUT2D eigenvalue weighted by Gasteiger charge is 2.09. The molecule has 0 saturated heterocycles. The molecule has 4 nitrogen and oxygen atoms in total. The third kappa shape index (κ3) is 4.16. The molecule has 0 atom stereocenters. The third-order valence-corrected chi connectivity index (χ3v) is 3.75. The average Bonchev–Trinajstić information content (AvgIpc) is 2.56. The summed E-state index contributed by atoms with van der Waals surface area (Å²) in [6, 6.07) is 16.1. The molecule has 2 N–H and O–H groups in total. The second-order valence-corrected chi connectivity index (χ2v) is 5.53. The van der Waals surface area contributed by atoms with E-state index >= 15 is 0 Å². The highest BCUT2D eigenvalue weighted by atomic mass is 35.5. The van der Waals surface area contributed by atoms with Crippen LogP contribution in [-0.4, -0.2) is 12.6 Å². The zero-order chi connectivity index (χ0) is 17.8. The lowest BCUT2D eigenvalue weighted by Crippen LogP contribution is -2.19. The number of benzene rings is 3. The maximum Gasteiger partial charge on any atom is 0.387 e. The van der Waals surface area contributed by atoms with Crippen LogP contribution in [0.3, 0.4) is 0 Å². The molecular weight excluding hydrogens is 350 g/mol. The van der Waals surface area contributed by atoms with Crippen molar-refractivity contribution in [2.45, 2.75) is 6.61 Å². The van der Waals surface area contributed by atoms with Crippen molar-refractivity contribution in [2.24, 2.45) is 0 Å². The van der Waals surface area contributed by atoms with Gasteiger partial charge < -0.3 is 15.4 Å². The molecule has 3 aromatic carbocycles. The number of carbonyl (C=O) groups is 1. The quantitative estimate of drug-likeness (QED) is 0.622. The van der Waals surface area contributed by atoms with Crippen LogP contribution in [0.1, 0.15) is 0 Å². The van der Waals surface area contributed by atoms with Crippen LogP contribution in [0, 0.1) is 0 Å². The van der Waals surface area contributed by atoms with Crippen LogP contribution < -0.4 is 15.4 Å². The van der Waals surface area contributed by atoms with Gasteiger partial charge in [0.05, 0.1) is 10.7 Å². The Kier molecular flexibility index (Phi) is 5.00. The lowest BCUT2D eigenvalue weighted by atomic mass is 10.1. The van der Waals surface area contributed by atoms with Gasteiger partial charge in [-0.05, 0) is 41.8 Å². The van der Waals surface area contributed by atoms with Crippen LogP contribution in [-0.2, 0) is 0 Å². The number of amides is 2. The van der Waals surface area contributed by atoms with Crippen molar-refractivity contribution in [2.75, 3.05) is 10.6 Å². The van der Waals surface area contributed by atoms with Gasteiger partial charge in [-0.15, -0.1) is 0 Å². The number of ether oxygens (including phenoxy) is 1. The maximum atomic E-state index is 12.2. The molecule has 0 spiro atoms. The topological polar surface area (TPSA) is 50.4 Å². The number of halogens is 3. The summed E-state index contributed by atoms with van der Waals surface area (Å²) in [7, 11) is 0. The first kappa shape index (κ1) is 17.0. The van der Waals surface area contributed by atoms with E-state index in [1.807, 2.05) is 24.3 Å². The largest absolute Gasteiger partial charge is 0.435 e. The smallest absolute Gasteiger partial charge is 0.387 e. The molecule has 0 bridgehead atoms. The molecule has 0 heterocycles. The van der Waals surface area contributed by atoms with Crippen LogP contribution in [0.4, 0.5) is 25.0 Å². The van der Waals surface area contributed by atoms with Crippen molar-refractivity contribution in [3.63, 3.8) is 0 Å². The van der Waals surface area contributed by atoms with E-state index in [9.17, 15) is 13.6 Å². The van der Waals surface area contributed by atoms with Gasteiger partial charge in [-0.3, -0.25) is 0 Å². The van der Waals surface area contributed by atoms with Crippen LogP contribution in [0.5, 0.6) is 5.75 Å². The fourth-order valence-electron chi connectivity index (χ4n) is 2.40. The summed E-state index contributed by atoms with van der Waals surface area (Å²) >= 11 is 6.22. The number of alkyl halides is 2. The van der Waals surface area contributed by atoms with E-state index in [2.05, 4.69) is 15.4 Å². The van der Waals surface area contributed by atoms with Crippen LogP contribution in [0.2, 0.25) is 5.02 Å². The predicted octanol–water partition coefficient (Wildman–Crippen LogP) is 5.74. The monoisotopic (exact) mass is 362 g/mol. The van der Waals surface area contributed by atoms with Gasteiger partial charge in [0, 0.05) is 11.1 Å². The third-order valence-electron chi connectivity index (χ3n) is 3.44. The summed E-state index contributed by atoms with van der Waals surface area (Å²) in [6.07, 6.45) is 0. The van der Waals surface area contributed by atoms with Crippen molar-refractivity contribution in [3.8, 4) is 5.75 Å². The first-order chi connectivity index (χ1) is 12.0. The maximum absolute atomic E-state index is 12.2. The Bertz CT molecular complexity index is 896. The first-order valence-electron chi connectivity index (χ1n) is 7.33. The summed E-state index contributed by atoms with van der Waals surface area (Å²) in [5, 5.41) is 7.52. The number of hydrogen-bond donors (Lipinski definition) is 2. The molecule has 0 unspecified atom stereocenters. The fourth-order valence-corrected chi connectivity index (χ4v) is 2.69. The highest BCUT2D eigenvalue weighted by molar-refractivity contribution is 6.37. The van der Waals surface area contributed by atoms with E-state index in [1.54, 1.807) is 12.1 Å². The minimum absolute atomic E-state index is 0.0155. The average molecular weight is 363 g/mol. The number of fused-ring (bicyclic) bond motifs is 1. The number of nitrogens with one attached hydrogen (secondary N) is 2. The fraction of sp³-hybridized carbons (Fsp3) is 0.0556. The second-order valence-electron chi connectivity index (χ2n) is 5.13. The van der Waals surface area contributed by atoms with Crippen molar-refractivity contribution >= 4 is 39.8 Å².